The maximum atomic E-state index is 5.29. The van der Waals surface area contributed by atoms with Gasteiger partial charge in [0.15, 0.2) is 0 Å². The number of fused-ring (bicyclic) bond motifs is 4. The number of aromatic nitrogens is 5. The number of aryl methyl sites for hydroxylation is 1. The van der Waals surface area contributed by atoms with E-state index in [0.29, 0.717) is 0 Å². The van der Waals surface area contributed by atoms with Crippen LogP contribution in [0.15, 0.2) is 170 Å². The third-order valence-corrected chi connectivity index (χ3v) is 10.1. The Bertz CT molecular complexity index is 2850. The van der Waals surface area contributed by atoms with Gasteiger partial charge in [0.2, 0.25) is 0 Å². The summed E-state index contributed by atoms with van der Waals surface area (Å²) in [6.07, 6.45) is 3.59. The second-order valence-corrected chi connectivity index (χ2v) is 13.2. The van der Waals surface area contributed by atoms with Gasteiger partial charge in [0.25, 0.3) is 0 Å². The molecule has 0 saturated heterocycles. The van der Waals surface area contributed by atoms with E-state index in [2.05, 4.69) is 143 Å². The lowest BCUT2D eigenvalue weighted by molar-refractivity contribution is 0.958. The Morgan fingerprint density at radius 2 is 0.923 bits per heavy atom. The molecule has 6 aromatic carbocycles. The van der Waals surface area contributed by atoms with Gasteiger partial charge in [-0.3, -0.25) is 9.97 Å². The monoisotopic (exact) mass is 665 g/mol. The minimum absolute atomic E-state index is 0.774. The minimum Gasteiger partial charge on any atom is -0.327 e. The Hall–Kier alpha value is -6.98. The molecule has 0 unspecified atom stereocenters. The highest BCUT2D eigenvalue weighted by Crippen LogP contribution is 2.44. The zero-order valence-electron chi connectivity index (χ0n) is 28.4. The normalized spacial score (nSPS) is 11.6. The highest BCUT2D eigenvalue weighted by molar-refractivity contribution is 6.22. The van der Waals surface area contributed by atoms with Crippen LogP contribution in [0, 0.1) is 0 Å². The van der Waals surface area contributed by atoms with Crippen LogP contribution >= 0.6 is 0 Å². The van der Waals surface area contributed by atoms with Crippen LogP contribution in [0.3, 0.4) is 0 Å². The van der Waals surface area contributed by atoms with E-state index in [-0.39, 0.29) is 0 Å². The minimum atomic E-state index is 0.774. The quantitative estimate of drug-likeness (QED) is 0.172. The fourth-order valence-electron chi connectivity index (χ4n) is 7.66. The van der Waals surface area contributed by atoms with Gasteiger partial charge in [-0.05, 0) is 109 Å². The number of pyridine rings is 3. The molecule has 0 aliphatic carbocycles. The van der Waals surface area contributed by atoms with Crippen LogP contribution in [0.25, 0.3) is 99.8 Å². The van der Waals surface area contributed by atoms with Crippen LogP contribution < -0.4 is 0 Å². The van der Waals surface area contributed by atoms with Crippen molar-refractivity contribution in [1.29, 1.82) is 0 Å². The van der Waals surface area contributed by atoms with E-state index in [1.807, 2.05) is 36.4 Å². The standard InChI is InChI=1S/C47H31N5/c1-52-44-23-22-33(27-43(44)51-47(52)34-28-41(39-18-8-10-24-48-39)50-42(29-34)40-19-9-11-25-49-40)46-37-16-6-4-14-35(37)45(36-15-5-7-17-38(36)46)32-21-20-30-12-2-3-13-31(30)26-32/h2-29H,1H3. The van der Waals surface area contributed by atoms with E-state index < -0.39 is 0 Å². The number of benzene rings is 6. The maximum Gasteiger partial charge on any atom is 0.141 e. The van der Waals surface area contributed by atoms with Gasteiger partial charge in [-0.15, -0.1) is 0 Å². The number of imidazole rings is 1. The summed E-state index contributed by atoms with van der Waals surface area (Å²) in [6.45, 7) is 0. The van der Waals surface area contributed by atoms with E-state index in [1.54, 1.807) is 12.4 Å². The number of hydrogen-bond donors (Lipinski definition) is 0. The first kappa shape index (κ1) is 29.9. The van der Waals surface area contributed by atoms with Crippen LogP contribution in [0.2, 0.25) is 0 Å². The molecule has 10 aromatic rings. The lowest BCUT2D eigenvalue weighted by Gasteiger charge is -2.18. The zero-order valence-corrected chi connectivity index (χ0v) is 28.4. The van der Waals surface area contributed by atoms with E-state index >= 15 is 0 Å². The van der Waals surface area contributed by atoms with Gasteiger partial charge in [0, 0.05) is 25.0 Å². The molecule has 0 spiro atoms. The molecule has 52 heavy (non-hydrogen) atoms. The highest BCUT2D eigenvalue weighted by Gasteiger charge is 2.19. The first-order valence-electron chi connectivity index (χ1n) is 17.4. The van der Waals surface area contributed by atoms with Crippen molar-refractivity contribution in [3.05, 3.63) is 170 Å². The first-order valence-corrected chi connectivity index (χ1v) is 17.4. The van der Waals surface area contributed by atoms with E-state index in [4.69, 9.17) is 9.97 Å². The summed E-state index contributed by atoms with van der Waals surface area (Å²) in [4.78, 5) is 19.5. The second-order valence-electron chi connectivity index (χ2n) is 13.2. The SMILES string of the molecule is Cn1c(-c2cc(-c3ccccn3)nc(-c3ccccn3)c2)nc2cc(-c3c4ccccc4c(-c4ccc5ccccc5c4)c4ccccc34)ccc21. The summed E-state index contributed by atoms with van der Waals surface area (Å²) in [5.74, 6) is 0.852. The highest BCUT2D eigenvalue weighted by atomic mass is 15.1. The van der Waals surface area contributed by atoms with Gasteiger partial charge in [-0.1, -0.05) is 103 Å². The summed E-state index contributed by atoms with van der Waals surface area (Å²) in [5, 5.41) is 7.38. The molecule has 5 nitrogen and oxygen atoms in total. The van der Waals surface area contributed by atoms with Crippen molar-refractivity contribution in [1.82, 2.24) is 24.5 Å². The van der Waals surface area contributed by atoms with Crippen LogP contribution in [0.5, 0.6) is 0 Å². The topological polar surface area (TPSA) is 56.5 Å². The van der Waals surface area contributed by atoms with Crippen molar-refractivity contribution in [2.75, 3.05) is 0 Å². The molecule has 0 saturated carbocycles. The molecular formula is C47H31N5. The molecule has 0 bridgehead atoms. The van der Waals surface area contributed by atoms with E-state index in [0.717, 1.165) is 50.8 Å². The van der Waals surface area contributed by atoms with Gasteiger partial charge >= 0.3 is 0 Å². The molecule has 0 N–H and O–H groups in total. The van der Waals surface area contributed by atoms with Crippen LogP contribution in [-0.2, 0) is 7.05 Å². The maximum absolute atomic E-state index is 5.29. The molecule has 244 valence electrons. The van der Waals surface area contributed by atoms with E-state index in [1.165, 1.54) is 49.0 Å². The van der Waals surface area contributed by atoms with Crippen molar-refractivity contribution >= 4 is 43.4 Å². The van der Waals surface area contributed by atoms with Crippen LogP contribution in [0.4, 0.5) is 0 Å². The lowest BCUT2D eigenvalue weighted by Crippen LogP contribution is -1.97. The van der Waals surface area contributed by atoms with Crippen LogP contribution in [-0.4, -0.2) is 24.5 Å². The molecule has 4 heterocycles. The largest absolute Gasteiger partial charge is 0.327 e. The Balaban J connectivity index is 1.17. The second kappa shape index (κ2) is 12.1. The third-order valence-electron chi connectivity index (χ3n) is 10.1. The Kier molecular flexibility index (Phi) is 6.96. The molecule has 0 radical (unpaired) electrons. The summed E-state index contributed by atoms with van der Waals surface area (Å²) in [7, 11) is 2.08. The zero-order chi connectivity index (χ0) is 34.6. The molecule has 0 fully saturated rings. The molecular weight excluding hydrogens is 635 g/mol. The molecule has 4 aromatic heterocycles. The Morgan fingerprint density at radius 3 is 1.50 bits per heavy atom. The summed E-state index contributed by atoms with van der Waals surface area (Å²) < 4.78 is 2.16. The summed E-state index contributed by atoms with van der Waals surface area (Å²) in [6, 6.07) is 55.6. The van der Waals surface area contributed by atoms with E-state index in [9.17, 15) is 0 Å². The molecule has 5 heteroatoms. The molecule has 0 aliphatic heterocycles. The average Bonchev–Trinajstić information content (AvgIpc) is 3.55. The molecule has 0 amide bonds. The number of nitrogens with zero attached hydrogens (tertiary/aromatic N) is 5. The first-order chi connectivity index (χ1) is 25.7. The fourth-order valence-corrected chi connectivity index (χ4v) is 7.66. The smallest absolute Gasteiger partial charge is 0.141 e. The number of rotatable bonds is 5. The Labute approximate surface area is 300 Å². The molecule has 0 atom stereocenters. The third kappa shape index (κ3) is 4.94. The van der Waals surface area contributed by atoms with Gasteiger partial charge in [-0.2, -0.15) is 0 Å². The molecule has 0 aliphatic rings. The predicted molar refractivity (Wildman–Crippen MR) is 214 cm³/mol. The Morgan fingerprint density at radius 1 is 0.404 bits per heavy atom. The van der Waals surface area contributed by atoms with Gasteiger partial charge in [-0.25, -0.2) is 9.97 Å². The summed E-state index contributed by atoms with van der Waals surface area (Å²) in [5.41, 5.74) is 10.9. The van der Waals surface area contributed by atoms with Gasteiger partial charge < -0.3 is 4.57 Å². The predicted octanol–water partition coefficient (Wildman–Crippen LogP) is 11.6. The number of hydrogen-bond acceptors (Lipinski definition) is 4. The van der Waals surface area contributed by atoms with Crippen molar-refractivity contribution < 1.29 is 0 Å². The van der Waals surface area contributed by atoms with Crippen molar-refractivity contribution in [2.45, 2.75) is 0 Å². The van der Waals surface area contributed by atoms with Gasteiger partial charge in [0.05, 0.1) is 33.8 Å². The van der Waals surface area contributed by atoms with Crippen molar-refractivity contribution in [3.63, 3.8) is 0 Å². The van der Waals surface area contributed by atoms with Crippen molar-refractivity contribution in [3.8, 4) is 56.4 Å². The van der Waals surface area contributed by atoms with Crippen molar-refractivity contribution in [2.24, 2.45) is 7.05 Å². The fraction of sp³-hybridized carbons (Fsp3) is 0.0213. The lowest BCUT2D eigenvalue weighted by atomic mass is 9.85. The molecule has 10 rings (SSSR count). The average molecular weight is 666 g/mol. The summed E-state index contributed by atoms with van der Waals surface area (Å²) >= 11 is 0. The van der Waals surface area contributed by atoms with Gasteiger partial charge in [0.1, 0.15) is 5.82 Å². The van der Waals surface area contributed by atoms with Crippen LogP contribution in [0.1, 0.15) is 0 Å².